The van der Waals surface area contributed by atoms with Crippen LogP contribution in [0.4, 0.5) is 0 Å². The molecule has 0 bridgehead atoms. The van der Waals surface area contributed by atoms with Crippen LogP contribution in [0.5, 0.6) is 0 Å². The zero-order valence-corrected chi connectivity index (χ0v) is 14.3. The molecule has 1 atom stereocenters. The fraction of sp³-hybridized carbons (Fsp3) is 0.538. The highest BCUT2D eigenvalue weighted by Crippen LogP contribution is 2.13. The summed E-state index contributed by atoms with van der Waals surface area (Å²) in [7, 11) is -4.78. The van der Waals surface area contributed by atoms with Gasteiger partial charge >= 0.3 is 16.3 Å². The van der Waals surface area contributed by atoms with Crippen molar-refractivity contribution >= 4 is 34.0 Å². The van der Waals surface area contributed by atoms with Gasteiger partial charge in [0, 0.05) is 32.0 Å². The van der Waals surface area contributed by atoms with Crippen LogP contribution < -0.4 is 0 Å². The van der Waals surface area contributed by atoms with Gasteiger partial charge in [-0.15, -0.1) is 5.06 Å². The third kappa shape index (κ3) is 4.85. The van der Waals surface area contributed by atoms with E-state index in [-0.39, 0.29) is 37.4 Å². The monoisotopic (exact) mass is 391 g/mol. The third-order valence-electron chi connectivity index (χ3n) is 3.65. The van der Waals surface area contributed by atoms with Crippen molar-refractivity contribution in [3.63, 3.8) is 0 Å². The molecule has 0 aromatic carbocycles. The second-order valence-corrected chi connectivity index (χ2v) is 6.93. The number of hydrogen-bond donors (Lipinski definition) is 2. The molecule has 1 unspecified atom stereocenters. The van der Waals surface area contributed by atoms with E-state index in [9.17, 15) is 37.3 Å². The van der Waals surface area contributed by atoms with Crippen LogP contribution in [-0.4, -0.2) is 81.9 Å². The van der Waals surface area contributed by atoms with Crippen LogP contribution in [0.15, 0.2) is 12.2 Å². The molecule has 0 aromatic heterocycles. The predicted molar refractivity (Wildman–Crippen MR) is 81.8 cm³/mol. The SMILES string of the molecule is O=C(CN(CCCN1C(=O)C=CC1O)S(=O)(=O)O)ON1C(=O)CCC1=O. The second kappa shape index (κ2) is 7.90. The van der Waals surface area contributed by atoms with Gasteiger partial charge < -0.3 is 14.8 Å². The largest absolute Gasteiger partial charge is 0.370 e. The molecule has 13 heteroatoms. The lowest BCUT2D eigenvalue weighted by atomic mass is 10.3. The molecule has 2 heterocycles. The average molecular weight is 391 g/mol. The van der Waals surface area contributed by atoms with E-state index >= 15 is 0 Å². The molecular formula is C13H17N3O9S. The summed E-state index contributed by atoms with van der Waals surface area (Å²) in [6.07, 6.45) is 1.05. The predicted octanol–water partition coefficient (Wildman–Crippen LogP) is -2.19. The van der Waals surface area contributed by atoms with Crippen LogP contribution in [0.3, 0.4) is 0 Å². The maximum absolute atomic E-state index is 11.8. The van der Waals surface area contributed by atoms with E-state index in [1.54, 1.807) is 0 Å². The summed E-state index contributed by atoms with van der Waals surface area (Å²) in [5.74, 6) is -3.14. The summed E-state index contributed by atoms with van der Waals surface area (Å²) in [5, 5.41) is 9.79. The molecule has 0 aliphatic carbocycles. The third-order valence-corrected chi connectivity index (χ3v) is 4.61. The molecule has 144 valence electrons. The van der Waals surface area contributed by atoms with E-state index in [4.69, 9.17) is 0 Å². The first-order valence-corrected chi connectivity index (χ1v) is 8.95. The number of hydroxylamine groups is 2. The van der Waals surface area contributed by atoms with Gasteiger partial charge in [0.25, 0.3) is 11.8 Å². The molecule has 2 rings (SSSR count). The van der Waals surface area contributed by atoms with E-state index in [0.29, 0.717) is 4.31 Å². The van der Waals surface area contributed by atoms with Gasteiger partial charge in [-0.2, -0.15) is 12.7 Å². The van der Waals surface area contributed by atoms with Crippen LogP contribution in [0.1, 0.15) is 19.3 Å². The molecule has 0 saturated carbocycles. The molecule has 12 nitrogen and oxygen atoms in total. The van der Waals surface area contributed by atoms with Crippen molar-refractivity contribution in [1.29, 1.82) is 0 Å². The van der Waals surface area contributed by atoms with Gasteiger partial charge in [0.1, 0.15) is 12.8 Å². The number of carbonyl (C=O) groups is 4. The lowest BCUT2D eigenvalue weighted by Gasteiger charge is -2.23. The Bertz CT molecular complexity index is 732. The topological polar surface area (TPSA) is 162 Å². The van der Waals surface area contributed by atoms with Crippen molar-refractivity contribution < 1.29 is 42.1 Å². The lowest BCUT2D eigenvalue weighted by molar-refractivity contribution is -0.197. The minimum atomic E-state index is -4.78. The first-order valence-electron chi connectivity index (χ1n) is 7.55. The maximum atomic E-state index is 11.8. The second-order valence-electron chi connectivity index (χ2n) is 5.51. The highest BCUT2D eigenvalue weighted by molar-refractivity contribution is 7.83. The Morgan fingerprint density at radius 3 is 2.38 bits per heavy atom. The molecule has 3 amide bonds. The molecule has 2 aliphatic heterocycles. The summed E-state index contributed by atoms with van der Waals surface area (Å²) in [4.78, 5) is 51.5. The Balaban J connectivity index is 1.89. The Morgan fingerprint density at radius 1 is 1.27 bits per heavy atom. The molecular weight excluding hydrogens is 374 g/mol. The van der Waals surface area contributed by atoms with Crippen molar-refractivity contribution in [2.24, 2.45) is 0 Å². The van der Waals surface area contributed by atoms with Crippen LogP contribution in [0.2, 0.25) is 0 Å². The van der Waals surface area contributed by atoms with Gasteiger partial charge in [-0.1, -0.05) is 0 Å². The number of imide groups is 1. The first kappa shape index (κ1) is 20.0. The van der Waals surface area contributed by atoms with Gasteiger partial charge in [-0.3, -0.25) is 18.9 Å². The van der Waals surface area contributed by atoms with Crippen molar-refractivity contribution in [3.8, 4) is 0 Å². The van der Waals surface area contributed by atoms with E-state index in [2.05, 4.69) is 4.84 Å². The molecule has 0 aromatic rings. The van der Waals surface area contributed by atoms with Gasteiger partial charge in [-0.05, 0) is 12.5 Å². The molecule has 26 heavy (non-hydrogen) atoms. The number of aliphatic hydroxyl groups is 1. The number of amides is 3. The van der Waals surface area contributed by atoms with Crippen LogP contribution in [0.25, 0.3) is 0 Å². The van der Waals surface area contributed by atoms with Crippen LogP contribution in [-0.2, 0) is 34.3 Å². The standard InChI is InChI=1S/C13H17N3O9S/c17-9-2-3-10(18)15(9)7-1-6-14(26(22,23)24)8-13(21)25-16-11(19)4-5-12(16)20/h2-3,9,17H,1,4-8H2,(H,22,23,24). The Hall–Kier alpha value is -2.35. The lowest BCUT2D eigenvalue weighted by Crippen LogP contribution is -2.42. The quantitative estimate of drug-likeness (QED) is 0.345. The Kier molecular flexibility index (Phi) is 6.07. The number of rotatable bonds is 8. The maximum Gasteiger partial charge on any atom is 0.348 e. The van der Waals surface area contributed by atoms with Crippen molar-refractivity contribution in [2.45, 2.75) is 25.5 Å². The minimum absolute atomic E-state index is 0.000868. The summed E-state index contributed by atoms with van der Waals surface area (Å²) in [5.41, 5.74) is 0. The van der Waals surface area contributed by atoms with E-state index in [1.165, 1.54) is 6.08 Å². The van der Waals surface area contributed by atoms with Gasteiger partial charge in [0.15, 0.2) is 0 Å². The van der Waals surface area contributed by atoms with Crippen molar-refractivity contribution in [2.75, 3.05) is 19.6 Å². The normalized spacial score (nSPS) is 20.6. The zero-order chi connectivity index (χ0) is 19.5. The summed E-state index contributed by atoms with van der Waals surface area (Å²) < 4.78 is 32.3. The Labute approximate surface area is 148 Å². The van der Waals surface area contributed by atoms with E-state index < -0.39 is 46.8 Å². The van der Waals surface area contributed by atoms with E-state index in [0.717, 1.165) is 11.0 Å². The minimum Gasteiger partial charge on any atom is -0.370 e. The number of aliphatic hydroxyl groups excluding tert-OH is 1. The fourth-order valence-electron chi connectivity index (χ4n) is 2.37. The fourth-order valence-corrected chi connectivity index (χ4v) is 3.00. The molecule has 2 N–H and O–H groups in total. The molecule has 1 saturated heterocycles. The zero-order valence-electron chi connectivity index (χ0n) is 13.5. The van der Waals surface area contributed by atoms with Gasteiger partial charge in [0.2, 0.25) is 5.91 Å². The summed E-state index contributed by atoms with van der Waals surface area (Å²) in [6.45, 7) is -1.34. The van der Waals surface area contributed by atoms with Gasteiger partial charge in [0.05, 0.1) is 0 Å². The van der Waals surface area contributed by atoms with Crippen molar-refractivity contribution in [1.82, 2.24) is 14.3 Å². The van der Waals surface area contributed by atoms with Crippen LogP contribution in [0, 0.1) is 0 Å². The van der Waals surface area contributed by atoms with Crippen LogP contribution >= 0.6 is 0 Å². The van der Waals surface area contributed by atoms with E-state index in [1.807, 2.05) is 0 Å². The summed E-state index contributed by atoms with van der Waals surface area (Å²) in [6, 6.07) is 0. The van der Waals surface area contributed by atoms with Crippen molar-refractivity contribution in [3.05, 3.63) is 12.2 Å². The number of nitrogens with zero attached hydrogens (tertiary/aromatic N) is 3. The molecule has 0 spiro atoms. The van der Waals surface area contributed by atoms with Gasteiger partial charge in [-0.25, -0.2) is 4.79 Å². The smallest absolute Gasteiger partial charge is 0.348 e. The molecule has 0 radical (unpaired) electrons. The molecule has 2 aliphatic rings. The highest BCUT2D eigenvalue weighted by atomic mass is 32.2. The Morgan fingerprint density at radius 2 is 1.88 bits per heavy atom. The summed E-state index contributed by atoms with van der Waals surface area (Å²) >= 11 is 0. The number of hydrogen-bond acceptors (Lipinski definition) is 8. The average Bonchev–Trinajstić information content (AvgIpc) is 3.02. The molecule has 1 fully saturated rings. The highest BCUT2D eigenvalue weighted by Gasteiger charge is 2.34. The number of carbonyl (C=O) groups excluding carboxylic acids is 4. The first-order chi connectivity index (χ1) is 12.1.